The molecule has 0 saturated carbocycles. The number of pyridine rings is 1. The van der Waals surface area contributed by atoms with Crippen LogP contribution in [0.15, 0.2) is 33.9 Å². The van der Waals surface area contributed by atoms with Gasteiger partial charge in [0.2, 0.25) is 0 Å². The SMILES string of the molecule is CC[C@@H](OC(=O)[C@H](C)C(=O)[C@H](C)[C@@H](O[C@@H]1O[C@H](C)C[C@H](N(C)C)[C@H]1O)[C@@](C)(C[C@@H](C)C=O)OC)[C@@]1(C)OC(=O)N(CCCCN2C=C(c3cccnc3)N=I2)[C@@H]1CC. The Morgan fingerprint density at radius 3 is 2.52 bits per heavy atom. The maximum absolute atomic E-state index is 14.3. The van der Waals surface area contributed by atoms with Crippen LogP contribution in [-0.4, -0.2) is 135 Å². The Labute approximate surface area is 355 Å². The molecule has 1 amide bonds. The van der Waals surface area contributed by atoms with Crippen LogP contribution in [0.1, 0.15) is 99.5 Å². The average Bonchev–Trinajstić information content (AvgIpc) is 3.78. The summed E-state index contributed by atoms with van der Waals surface area (Å²) >= 11 is -0.501. The number of likely N-dealkylation sites (N-methyl/N-ethyl adjacent to an activating group) is 1. The molecule has 4 heterocycles. The Balaban J connectivity index is 1.44. The van der Waals surface area contributed by atoms with E-state index in [9.17, 15) is 24.3 Å². The highest BCUT2D eigenvalue weighted by atomic mass is 127. The van der Waals surface area contributed by atoms with Gasteiger partial charge in [0, 0.05) is 62.2 Å². The number of rotatable bonds is 22. The summed E-state index contributed by atoms with van der Waals surface area (Å²) in [6.07, 6.45) is 5.08. The van der Waals surface area contributed by atoms with E-state index in [4.69, 9.17) is 26.8 Å². The molecule has 1 aromatic heterocycles. The third-order valence-electron chi connectivity index (χ3n) is 12.0. The summed E-state index contributed by atoms with van der Waals surface area (Å²) in [5, 5.41) is 11.3. The van der Waals surface area contributed by atoms with Crippen molar-refractivity contribution in [3.05, 3.63) is 36.3 Å². The number of Topliss-reactive ketones (excluding diaryl/α,β-unsaturated/α-hetero) is 1. The summed E-state index contributed by atoms with van der Waals surface area (Å²) in [5.74, 6) is -3.84. The molecule has 4 rings (SSSR count). The number of hydrogen-bond acceptors (Lipinski definition) is 14. The van der Waals surface area contributed by atoms with Gasteiger partial charge >= 0.3 is 12.1 Å². The molecule has 1 aromatic rings. The summed E-state index contributed by atoms with van der Waals surface area (Å²) < 4.78 is 37.7. The van der Waals surface area contributed by atoms with Crippen molar-refractivity contribution in [2.45, 2.75) is 148 Å². The van der Waals surface area contributed by atoms with Gasteiger partial charge in [-0.05, 0) is 92.4 Å². The zero-order valence-corrected chi connectivity index (χ0v) is 38.3. The highest BCUT2D eigenvalue weighted by molar-refractivity contribution is 14.1. The molecular weight excluding hydrogens is 861 g/mol. The molecule has 2 fully saturated rings. The largest absolute Gasteiger partial charge is 0.458 e. The van der Waals surface area contributed by atoms with E-state index < -0.39 is 92.7 Å². The number of nitrogens with zero attached hydrogens (tertiary/aromatic N) is 5. The van der Waals surface area contributed by atoms with Crippen molar-refractivity contribution in [1.29, 1.82) is 0 Å². The number of carbonyl (C=O) groups excluding carboxylic acids is 4. The number of methoxy groups -OCH3 is 1. The van der Waals surface area contributed by atoms with Crippen molar-refractivity contribution < 1.29 is 48.0 Å². The maximum atomic E-state index is 14.3. The van der Waals surface area contributed by atoms with Crippen LogP contribution in [0, 0.1) is 17.8 Å². The van der Waals surface area contributed by atoms with Gasteiger partial charge in [-0.3, -0.25) is 14.6 Å². The zero-order chi connectivity index (χ0) is 42.9. The molecule has 12 atom stereocenters. The Hall–Kier alpha value is -2.90. The first kappa shape index (κ1) is 47.8. The molecule has 0 bridgehead atoms. The molecule has 0 spiro atoms. The van der Waals surface area contributed by atoms with Crippen LogP contribution < -0.4 is 0 Å². The van der Waals surface area contributed by atoms with Gasteiger partial charge in [0.25, 0.3) is 0 Å². The maximum Gasteiger partial charge on any atom is 0.410 e. The van der Waals surface area contributed by atoms with Crippen LogP contribution in [-0.2, 0) is 38.1 Å². The third-order valence-corrected chi connectivity index (χ3v) is 14.0. The Morgan fingerprint density at radius 1 is 1.21 bits per heavy atom. The van der Waals surface area contributed by atoms with Crippen molar-refractivity contribution >= 4 is 51.1 Å². The van der Waals surface area contributed by atoms with Crippen LogP contribution in [0.4, 0.5) is 4.79 Å². The highest BCUT2D eigenvalue weighted by Gasteiger charge is 2.56. The molecule has 0 aliphatic carbocycles. The normalized spacial score (nSPS) is 28.5. The topological polar surface area (TPSA) is 170 Å². The molecule has 2 saturated heterocycles. The number of aromatic nitrogens is 1. The summed E-state index contributed by atoms with van der Waals surface area (Å²) in [7, 11) is 5.22. The van der Waals surface area contributed by atoms with Crippen LogP contribution in [0.2, 0.25) is 0 Å². The van der Waals surface area contributed by atoms with Crippen molar-refractivity contribution in [3.63, 3.8) is 0 Å². The second-order valence-electron chi connectivity index (χ2n) is 16.6. The minimum Gasteiger partial charge on any atom is -0.458 e. The fourth-order valence-corrected chi connectivity index (χ4v) is 10.4. The number of esters is 1. The number of carbonyl (C=O) groups is 4. The third kappa shape index (κ3) is 11.1. The van der Waals surface area contributed by atoms with Crippen LogP contribution in [0.3, 0.4) is 0 Å². The van der Waals surface area contributed by atoms with Crippen LogP contribution in [0.5, 0.6) is 0 Å². The minimum absolute atomic E-state index is 0.208. The fourth-order valence-electron chi connectivity index (χ4n) is 8.56. The number of unbranched alkanes of at least 4 members (excludes halogenated alkanes) is 1. The quantitative estimate of drug-likeness (QED) is 0.0352. The highest BCUT2D eigenvalue weighted by Crippen LogP contribution is 2.39. The van der Waals surface area contributed by atoms with E-state index in [0.717, 1.165) is 36.9 Å². The Bertz CT molecular complexity index is 1620. The number of cyclic esters (lactones) is 1. The number of aliphatic hydroxyl groups excluding tert-OH is 1. The lowest BCUT2D eigenvalue weighted by molar-refractivity contribution is -0.295. The first-order valence-electron chi connectivity index (χ1n) is 20.6. The number of ether oxygens (including phenoxy) is 5. The van der Waals surface area contributed by atoms with Gasteiger partial charge in [-0.1, -0.05) is 27.7 Å². The van der Waals surface area contributed by atoms with Crippen molar-refractivity contribution in [1.82, 2.24) is 17.9 Å². The fraction of sp³-hybridized carbons (Fsp3) is 0.738. The second-order valence-corrected chi connectivity index (χ2v) is 18.8. The van der Waals surface area contributed by atoms with Crippen molar-refractivity contribution in [2.75, 3.05) is 34.3 Å². The van der Waals surface area contributed by atoms with Crippen LogP contribution >= 0.6 is 21.3 Å². The molecule has 0 radical (unpaired) electrons. The zero-order valence-electron chi connectivity index (χ0n) is 36.1. The first-order valence-corrected chi connectivity index (χ1v) is 22.5. The Morgan fingerprint density at radius 2 is 1.91 bits per heavy atom. The molecule has 0 unspecified atom stereocenters. The molecule has 326 valence electrons. The lowest BCUT2D eigenvalue weighted by Gasteiger charge is -2.46. The molecule has 3 aliphatic rings. The van der Waals surface area contributed by atoms with Crippen molar-refractivity contribution in [2.24, 2.45) is 20.9 Å². The number of aldehydes is 1. The van der Waals surface area contributed by atoms with Crippen LogP contribution in [0.25, 0.3) is 5.70 Å². The van der Waals surface area contributed by atoms with Gasteiger partial charge in [-0.15, -0.1) is 0 Å². The number of halogens is 1. The lowest BCUT2D eigenvalue weighted by atomic mass is 9.78. The standard InChI is InChI=1S/C42H66IN5O10/c1-12-33-42(8,58-40(53)48(33)20-15-14-19-47-24-31(45-43-47)30-17-16-18-44-23-30)34(13-2)56-38(52)29(6)35(50)28(5)37(41(7,54-11)22-26(3)25-49)57-39-36(51)32(46(9)10)21-27(4)55-39/h16-18,23-29,32-34,36-37,39,51H,12-15,19-22H2,1-11H3/t26-,27-,28+,29-,32+,33-,34-,36-,37-,39+,41-,42+/m1/s1. The van der Waals surface area contributed by atoms with E-state index in [1.807, 2.05) is 58.1 Å². The van der Waals surface area contributed by atoms with E-state index in [2.05, 4.69) is 14.3 Å². The van der Waals surface area contributed by atoms with Gasteiger partial charge in [0.05, 0.1) is 29.5 Å². The van der Waals surface area contributed by atoms with E-state index in [1.165, 1.54) is 14.0 Å². The molecular formula is C42H66IN5O10. The molecule has 0 aromatic carbocycles. The number of hydrogen-bond donors (Lipinski definition) is 1. The predicted octanol–water partition coefficient (Wildman–Crippen LogP) is 6.14. The van der Waals surface area contributed by atoms with E-state index >= 15 is 0 Å². The summed E-state index contributed by atoms with van der Waals surface area (Å²) in [4.78, 5) is 61.3. The average molecular weight is 928 g/mol. The molecule has 15 nitrogen and oxygen atoms in total. The predicted molar refractivity (Wildman–Crippen MR) is 226 cm³/mol. The van der Waals surface area contributed by atoms with Gasteiger partial charge in [0.15, 0.2) is 17.7 Å². The lowest BCUT2D eigenvalue weighted by Crippen LogP contribution is -2.59. The van der Waals surface area contributed by atoms with Gasteiger partial charge in [-0.2, -0.15) is 0 Å². The summed E-state index contributed by atoms with van der Waals surface area (Å²) in [6, 6.07) is 3.27. The second kappa shape index (κ2) is 21.1. The van der Waals surface area contributed by atoms with Gasteiger partial charge < -0.3 is 46.5 Å². The summed E-state index contributed by atoms with van der Waals surface area (Å²) in [5.41, 5.74) is -0.383. The smallest absolute Gasteiger partial charge is 0.410 e. The number of ketones is 1. The molecule has 1 N–H and O–H groups in total. The molecule has 16 heteroatoms. The van der Waals surface area contributed by atoms with Crippen molar-refractivity contribution in [3.8, 4) is 0 Å². The molecule has 3 aliphatic heterocycles. The van der Waals surface area contributed by atoms with E-state index in [-0.39, 0.29) is 24.6 Å². The van der Waals surface area contributed by atoms with E-state index in [1.54, 1.807) is 38.8 Å². The number of aliphatic hydroxyl groups is 1. The minimum atomic E-state index is -1.23. The molecule has 58 heavy (non-hydrogen) atoms. The van der Waals surface area contributed by atoms with Gasteiger partial charge in [0.1, 0.15) is 45.7 Å². The monoisotopic (exact) mass is 927 g/mol. The van der Waals surface area contributed by atoms with Gasteiger partial charge in [-0.25, -0.2) is 7.94 Å². The van der Waals surface area contributed by atoms with E-state index in [0.29, 0.717) is 25.8 Å². The Kier molecular flexibility index (Phi) is 17.3. The number of amides is 1. The first-order chi connectivity index (χ1) is 27.4. The summed E-state index contributed by atoms with van der Waals surface area (Å²) in [6.45, 7) is 15.5.